The quantitative estimate of drug-likeness (QED) is 0.813. The van der Waals surface area contributed by atoms with Gasteiger partial charge in [-0.1, -0.05) is 12.1 Å². The number of hydrogen-bond acceptors (Lipinski definition) is 4. The summed E-state index contributed by atoms with van der Waals surface area (Å²) < 4.78 is 10.1. The lowest BCUT2D eigenvalue weighted by Gasteiger charge is -2.38. The summed E-state index contributed by atoms with van der Waals surface area (Å²) in [5.74, 6) is -1.15. The number of carbonyl (C=O) groups excluding carboxylic acids is 1. The van der Waals surface area contributed by atoms with Crippen molar-refractivity contribution >= 4 is 17.6 Å². The number of aliphatic carboxylic acids is 1. The smallest absolute Gasteiger partial charge is 0.324 e. The minimum Gasteiger partial charge on any atom is -0.495 e. The fourth-order valence-electron chi connectivity index (χ4n) is 1.98. The zero-order chi connectivity index (χ0) is 14.0. The highest BCUT2D eigenvalue weighted by atomic mass is 16.5. The topological polar surface area (TPSA) is 76.1 Å². The van der Waals surface area contributed by atoms with E-state index in [1.807, 2.05) is 0 Å². The summed E-state index contributed by atoms with van der Waals surface area (Å²) in [6.45, 7) is -0.193. The zero-order valence-electron chi connectivity index (χ0n) is 10.8. The molecule has 1 heterocycles. The molecule has 0 aromatic heterocycles. The van der Waals surface area contributed by atoms with Crippen molar-refractivity contribution in [3.63, 3.8) is 0 Å². The SMILES string of the molecule is COc1ccccc1N(C)C(=O)C1(C(=O)O)COC1. The summed E-state index contributed by atoms with van der Waals surface area (Å²) in [5.41, 5.74) is -0.946. The van der Waals surface area contributed by atoms with Crippen LogP contribution in [0.3, 0.4) is 0 Å². The average Bonchev–Trinajstić information content (AvgIpc) is 2.35. The molecule has 1 aromatic rings. The van der Waals surface area contributed by atoms with Crippen LogP contribution in [0.2, 0.25) is 0 Å². The molecule has 19 heavy (non-hydrogen) atoms. The van der Waals surface area contributed by atoms with Crippen LogP contribution in [-0.2, 0) is 14.3 Å². The van der Waals surface area contributed by atoms with Crippen LogP contribution >= 0.6 is 0 Å². The van der Waals surface area contributed by atoms with Gasteiger partial charge in [-0.2, -0.15) is 0 Å². The second-order valence-electron chi connectivity index (χ2n) is 4.42. The Balaban J connectivity index is 2.31. The minimum absolute atomic E-state index is 0.0966. The zero-order valence-corrected chi connectivity index (χ0v) is 10.8. The molecule has 1 aliphatic heterocycles. The van der Waals surface area contributed by atoms with E-state index in [2.05, 4.69) is 0 Å². The van der Waals surface area contributed by atoms with Gasteiger partial charge in [-0.3, -0.25) is 9.59 Å². The normalized spacial score (nSPS) is 16.3. The Hall–Kier alpha value is -2.08. The molecule has 2 rings (SSSR count). The number of carboxylic acid groups (broad SMARTS) is 1. The maximum Gasteiger partial charge on any atom is 0.324 e. The van der Waals surface area contributed by atoms with E-state index in [0.717, 1.165) is 0 Å². The number of hydrogen-bond donors (Lipinski definition) is 1. The molecule has 0 bridgehead atoms. The fraction of sp³-hybridized carbons (Fsp3) is 0.385. The van der Waals surface area contributed by atoms with Crippen LogP contribution in [-0.4, -0.2) is 44.4 Å². The molecule has 0 spiro atoms. The Labute approximate surface area is 110 Å². The number of para-hydroxylation sites is 2. The van der Waals surface area contributed by atoms with Crippen LogP contribution in [0.5, 0.6) is 5.75 Å². The number of nitrogens with zero attached hydrogens (tertiary/aromatic N) is 1. The van der Waals surface area contributed by atoms with Crippen molar-refractivity contribution in [3.8, 4) is 5.75 Å². The van der Waals surface area contributed by atoms with E-state index in [4.69, 9.17) is 9.47 Å². The molecule has 0 radical (unpaired) electrons. The van der Waals surface area contributed by atoms with E-state index in [0.29, 0.717) is 11.4 Å². The van der Waals surface area contributed by atoms with Crippen molar-refractivity contribution in [1.29, 1.82) is 0 Å². The molecule has 0 saturated carbocycles. The maximum absolute atomic E-state index is 12.4. The summed E-state index contributed by atoms with van der Waals surface area (Å²) in [7, 11) is 3.03. The van der Waals surface area contributed by atoms with Crippen molar-refractivity contribution < 1.29 is 24.2 Å². The summed E-state index contributed by atoms with van der Waals surface area (Å²) in [6, 6.07) is 6.95. The molecule has 0 atom stereocenters. The molecule has 0 unspecified atom stereocenters. The number of carbonyl (C=O) groups is 2. The standard InChI is InChI=1S/C13H15NO5/c1-14(9-5-3-4-6-10(9)18-2)11(15)13(12(16)17)7-19-8-13/h3-6H,7-8H2,1-2H3,(H,16,17). The maximum atomic E-state index is 12.4. The lowest BCUT2D eigenvalue weighted by Crippen LogP contribution is -2.59. The van der Waals surface area contributed by atoms with Gasteiger partial charge < -0.3 is 19.5 Å². The summed E-state index contributed by atoms with van der Waals surface area (Å²) in [5, 5.41) is 9.22. The van der Waals surface area contributed by atoms with E-state index in [1.165, 1.54) is 19.1 Å². The molecule has 6 heteroatoms. The monoisotopic (exact) mass is 265 g/mol. The Morgan fingerprint density at radius 3 is 2.47 bits per heavy atom. The predicted octanol–water partition coefficient (Wildman–Crippen LogP) is 0.759. The summed E-state index contributed by atoms with van der Waals surface area (Å²) >= 11 is 0. The van der Waals surface area contributed by atoms with Gasteiger partial charge in [0.25, 0.3) is 0 Å². The third-order valence-corrected chi connectivity index (χ3v) is 3.27. The van der Waals surface area contributed by atoms with Gasteiger partial charge in [0.2, 0.25) is 5.91 Å². The highest BCUT2D eigenvalue weighted by molar-refractivity contribution is 6.10. The molecular weight excluding hydrogens is 250 g/mol. The van der Waals surface area contributed by atoms with Crippen LogP contribution in [0, 0.1) is 5.41 Å². The first-order valence-corrected chi connectivity index (χ1v) is 5.75. The molecule has 102 valence electrons. The molecule has 0 aliphatic carbocycles. The fourth-order valence-corrected chi connectivity index (χ4v) is 1.98. The lowest BCUT2D eigenvalue weighted by atomic mass is 9.84. The van der Waals surface area contributed by atoms with Gasteiger partial charge >= 0.3 is 5.97 Å². The van der Waals surface area contributed by atoms with E-state index < -0.39 is 17.3 Å². The number of amides is 1. The lowest BCUT2D eigenvalue weighted by molar-refractivity contribution is -0.183. The predicted molar refractivity (Wildman–Crippen MR) is 67.3 cm³/mol. The summed E-state index contributed by atoms with van der Waals surface area (Å²) in [6.07, 6.45) is 0. The molecule has 1 aliphatic rings. The van der Waals surface area contributed by atoms with Gasteiger partial charge in [0.1, 0.15) is 5.75 Å². The van der Waals surface area contributed by atoms with E-state index in [-0.39, 0.29) is 13.2 Å². The Morgan fingerprint density at radius 2 is 2.00 bits per heavy atom. The number of benzene rings is 1. The largest absolute Gasteiger partial charge is 0.495 e. The van der Waals surface area contributed by atoms with Gasteiger partial charge in [-0.25, -0.2) is 0 Å². The highest BCUT2D eigenvalue weighted by Gasteiger charge is 2.54. The van der Waals surface area contributed by atoms with Crippen LogP contribution in [0.4, 0.5) is 5.69 Å². The second kappa shape index (κ2) is 4.89. The van der Waals surface area contributed by atoms with E-state index >= 15 is 0 Å². The first-order chi connectivity index (χ1) is 9.03. The number of ether oxygens (including phenoxy) is 2. The highest BCUT2D eigenvalue weighted by Crippen LogP contribution is 2.34. The number of anilines is 1. The van der Waals surface area contributed by atoms with E-state index in [1.54, 1.807) is 24.3 Å². The molecule has 1 saturated heterocycles. The number of rotatable bonds is 4. The number of carboxylic acids is 1. The van der Waals surface area contributed by atoms with Gasteiger partial charge in [-0.05, 0) is 12.1 Å². The van der Waals surface area contributed by atoms with Crippen molar-refractivity contribution in [2.24, 2.45) is 5.41 Å². The minimum atomic E-state index is -1.48. The second-order valence-corrected chi connectivity index (χ2v) is 4.42. The van der Waals surface area contributed by atoms with Crippen LogP contribution < -0.4 is 9.64 Å². The Bertz CT molecular complexity index is 510. The van der Waals surface area contributed by atoms with Crippen molar-refractivity contribution in [3.05, 3.63) is 24.3 Å². The first kappa shape index (κ1) is 13.4. The van der Waals surface area contributed by atoms with Gasteiger partial charge in [-0.15, -0.1) is 0 Å². The molecule has 1 N–H and O–H groups in total. The Kier molecular flexibility index (Phi) is 3.44. The number of methoxy groups -OCH3 is 1. The molecular formula is C13H15NO5. The Morgan fingerprint density at radius 1 is 1.37 bits per heavy atom. The van der Waals surface area contributed by atoms with Crippen molar-refractivity contribution in [2.45, 2.75) is 0 Å². The van der Waals surface area contributed by atoms with Crippen LogP contribution in [0.15, 0.2) is 24.3 Å². The van der Waals surface area contributed by atoms with Crippen LogP contribution in [0.25, 0.3) is 0 Å². The van der Waals surface area contributed by atoms with Crippen molar-refractivity contribution in [2.75, 3.05) is 32.3 Å². The third-order valence-electron chi connectivity index (χ3n) is 3.27. The molecule has 1 fully saturated rings. The third kappa shape index (κ3) is 2.04. The molecule has 1 aromatic carbocycles. The van der Waals surface area contributed by atoms with Crippen LogP contribution in [0.1, 0.15) is 0 Å². The molecule has 1 amide bonds. The van der Waals surface area contributed by atoms with Gasteiger partial charge in [0.15, 0.2) is 5.41 Å². The van der Waals surface area contributed by atoms with Gasteiger partial charge in [0.05, 0.1) is 26.0 Å². The first-order valence-electron chi connectivity index (χ1n) is 5.75. The van der Waals surface area contributed by atoms with Crippen molar-refractivity contribution in [1.82, 2.24) is 0 Å². The van der Waals surface area contributed by atoms with E-state index in [9.17, 15) is 14.7 Å². The summed E-state index contributed by atoms with van der Waals surface area (Å²) in [4.78, 5) is 24.9. The average molecular weight is 265 g/mol. The van der Waals surface area contributed by atoms with Gasteiger partial charge in [0, 0.05) is 7.05 Å². The molecule has 6 nitrogen and oxygen atoms in total.